The second-order valence-electron chi connectivity index (χ2n) is 1.84. The van der Waals surface area contributed by atoms with Crippen molar-refractivity contribution in [3.63, 3.8) is 0 Å². The lowest BCUT2D eigenvalue weighted by Gasteiger charge is -1.92. The third kappa shape index (κ3) is 1.38. The Labute approximate surface area is 64.4 Å². The van der Waals surface area contributed by atoms with Crippen LogP contribution in [0.1, 0.15) is 6.92 Å². The van der Waals surface area contributed by atoms with Crippen LogP contribution in [0.25, 0.3) is 0 Å². The molecule has 0 aromatic carbocycles. The number of thiophene rings is 1. The Morgan fingerprint density at radius 1 is 1.60 bits per heavy atom. The molecule has 0 radical (unpaired) electrons. The van der Waals surface area contributed by atoms with Gasteiger partial charge in [0, 0.05) is 0 Å². The van der Waals surface area contributed by atoms with Crippen molar-refractivity contribution >= 4 is 21.2 Å². The maximum Gasteiger partial charge on any atom is 0.187 e. The maximum atomic E-state index is 11.1. The SMILES string of the molecule is CCS(=O)(=O)c1cccs1. The predicted molar refractivity (Wildman–Crippen MR) is 42.0 cm³/mol. The van der Waals surface area contributed by atoms with Crippen LogP contribution in [0.5, 0.6) is 0 Å². The quantitative estimate of drug-likeness (QED) is 0.685. The van der Waals surface area contributed by atoms with Crippen LogP contribution in [-0.2, 0) is 9.84 Å². The van der Waals surface area contributed by atoms with Crippen LogP contribution < -0.4 is 0 Å². The van der Waals surface area contributed by atoms with Gasteiger partial charge in [-0.2, -0.15) is 0 Å². The third-order valence-corrected chi connectivity index (χ3v) is 4.40. The van der Waals surface area contributed by atoms with E-state index in [0.717, 1.165) is 0 Å². The summed E-state index contributed by atoms with van der Waals surface area (Å²) in [5, 5.41) is 1.77. The van der Waals surface area contributed by atoms with Gasteiger partial charge in [-0.1, -0.05) is 13.0 Å². The summed E-state index contributed by atoms with van der Waals surface area (Å²) in [6.07, 6.45) is 0. The van der Waals surface area contributed by atoms with E-state index in [2.05, 4.69) is 0 Å². The summed E-state index contributed by atoms with van der Waals surface area (Å²) < 4.78 is 22.6. The second-order valence-corrected chi connectivity index (χ2v) is 5.29. The fraction of sp³-hybridized carbons (Fsp3) is 0.333. The van der Waals surface area contributed by atoms with Crippen molar-refractivity contribution in [2.75, 3.05) is 5.75 Å². The van der Waals surface area contributed by atoms with Crippen LogP contribution >= 0.6 is 11.3 Å². The van der Waals surface area contributed by atoms with E-state index in [1.54, 1.807) is 24.4 Å². The van der Waals surface area contributed by atoms with Gasteiger partial charge in [-0.05, 0) is 11.4 Å². The minimum absolute atomic E-state index is 0.188. The summed E-state index contributed by atoms with van der Waals surface area (Å²) in [6, 6.07) is 3.37. The first-order valence-electron chi connectivity index (χ1n) is 2.93. The molecule has 4 heteroatoms. The van der Waals surface area contributed by atoms with E-state index < -0.39 is 9.84 Å². The Morgan fingerprint density at radius 3 is 2.70 bits per heavy atom. The zero-order valence-electron chi connectivity index (χ0n) is 5.57. The van der Waals surface area contributed by atoms with E-state index in [4.69, 9.17) is 0 Å². The van der Waals surface area contributed by atoms with Gasteiger partial charge in [0.05, 0.1) is 5.75 Å². The molecule has 10 heavy (non-hydrogen) atoms. The molecule has 0 aliphatic rings. The Kier molecular flexibility index (Phi) is 2.11. The number of rotatable bonds is 2. The molecule has 1 aromatic rings. The fourth-order valence-corrected chi connectivity index (χ4v) is 2.71. The van der Waals surface area contributed by atoms with E-state index in [0.29, 0.717) is 4.21 Å². The molecule has 0 unspecified atom stereocenters. The molecule has 0 saturated heterocycles. The summed E-state index contributed by atoms with van der Waals surface area (Å²) >= 11 is 1.27. The van der Waals surface area contributed by atoms with Gasteiger partial charge in [-0.25, -0.2) is 8.42 Å². The molecule has 0 aliphatic carbocycles. The highest BCUT2D eigenvalue weighted by Gasteiger charge is 2.10. The first-order valence-corrected chi connectivity index (χ1v) is 5.46. The average Bonchev–Trinajstić information content (AvgIpc) is 2.38. The van der Waals surface area contributed by atoms with Crippen molar-refractivity contribution in [2.45, 2.75) is 11.1 Å². The van der Waals surface area contributed by atoms with Gasteiger partial charge >= 0.3 is 0 Å². The molecule has 0 aliphatic heterocycles. The van der Waals surface area contributed by atoms with Crippen molar-refractivity contribution in [1.29, 1.82) is 0 Å². The summed E-state index contributed by atoms with van der Waals surface area (Å²) in [5.41, 5.74) is 0. The Morgan fingerprint density at radius 2 is 2.30 bits per heavy atom. The molecule has 1 aromatic heterocycles. The molecular weight excluding hydrogens is 168 g/mol. The van der Waals surface area contributed by atoms with Gasteiger partial charge < -0.3 is 0 Å². The first-order chi connectivity index (χ1) is 4.67. The third-order valence-electron chi connectivity index (χ3n) is 1.18. The largest absolute Gasteiger partial charge is 0.223 e. The molecule has 2 nitrogen and oxygen atoms in total. The van der Waals surface area contributed by atoms with Crippen LogP contribution in [0.2, 0.25) is 0 Å². The predicted octanol–water partition coefficient (Wildman–Crippen LogP) is 1.54. The van der Waals surface area contributed by atoms with E-state index in [9.17, 15) is 8.42 Å². The molecule has 1 heterocycles. The van der Waals surface area contributed by atoms with Gasteiger partial charge in [-0.15, -0.1) is 11.3 Å². The van der Waals surface area contributed by atoms with E-state index in [-0.39, 0.29) is 5.75 Å². The minimum Gasteiger partial charge on any atom is -0.223 e. The van der Waals surface area contributed by atoms with Gasteiger partial charge in [-0.3, -0.25) is 0 Å². The summed E-state index contributed by atoms with van der Waals surface area (Å²) in [4.78, 5) is 0. The highest BCUT2D eigenvalue weighted by Crippen LogP contribution is 2.16. The Balaban J connectivity index is 3.09. The molecule has 1 rings (SSSR count). The molecule has 0 fully saturated rings. The average molecular weight is 176 g/mol. The molecule has 0 atom stereocenters. The smallest absolute Gasteiger partial charge is 0.187 e. The van der Waals surface area contributed by atoms with Crippen molar-refractivity contribution < 1.29 is 8.42 Å². The van der Waals surface area contributed by atoms with E-state index in [1.807, 2.05) is 0 Å². The topological polar surface area (TPSA) is 34.1 Å². The lowest BCUT2D eigenvalue weighted by atomic mass is 10.7. The second kappa shape index (κ2) is 2.72. The molecule has 0 N–H and O–H groups in total. The Hall–Kier alpha value is -0.350. The highest BCUT2D eigenvalue weighted by atomic mass is 32.2. The van der Waals surface area contributed by atoms with Crippen LogP contribution in [0.15, 0.2) is 21.7 Å². The van der Waals surface area contributed by atoms with E-state index in [1.165, 1.54) is 11.3 Å². The minimum atomic E-state index is -2.94. The summed E-state index contributed by atoms with van der Waals surface area (Å²) in [7, 11) is -2.94. The van der Waals surface area contributed by atoms with Crippen LogP contribution in [-0.4, -0.2) is 14.2 Å². The number of hydrogen-bond donors (Lipinski definition) is 0. The summed E-state index contributed by atoms with van der Waals surface area (Å²) in [5.74, 6) is 0.188. The summed E-state index contributed by atoms with van der Waals surface area (Å²) in [6.45, 7) is 1.65. The highest BCUT2D eigenvalue weighted by molar-refractivity contribution is 7.93. The molecule has 56 valence electrons. The molecule has 0 saturated carbocycles. The van der Waals surface area contributed by atoms with Crippen molar-refractivity contribution in [1.82, 2.24) is 0 Å². The fourth-order valence-electron chi connectivity index (χ4n) is 0.583. The molecule has 0 amide bonds. The molecular formula is C6H8O2S2. The lowest BCUT2D eigenvalue weighted by molar-refractivity contribution is 0.599. The van der Waals surface area contributed by atoms with Crippen molar-refractivity contribution in [2.24, 2.45) is 0 Å². The molecule has 0 bridgehead atoms. The van der Waals surface area contributed by atoms with Crippen LogP contribution in [0.3, 0.4) is 0 Å². The van der Waals surface area contributed by atoms with Crippen molar-refractivity contribution in [3.8, 4) is 0 Å². The standard InChI is InChI=1S/C6H8O2S2/c1-2-10(7,8)6-4-3-5-9-6/h3-5H,2H2,1H3. The lowest BCUT2D eigenvalue weighted by Crippen LogP contribution is -2.00. The monoisotopic (exact) mass is 176 g/mol. The number of sulfone groups is 1. The van der Waals surface area contributed by atoms with Gasteiger partial charge in [0.1, 0.15) is 4.21 Å². The van der Waals surface area contributed by atoms with Gasteiger partial charge in [0.15, 0.2) is 9.84 Å². The zero-order chi connectivity index (χ0) is 7.61. The van der Waals surface area contributed by atoms with Gasteiger partial charge in [0.2, 0.25) is 0 Å². The molecule has 0 spiro atoms. The van der Waals surface area contributed by atoms with Gasteiger partial charge in [0.25, 0.3) is 0 Å². The normalized spacial score (nSPS) is 11.7. The van der Waals surface area contributed by atoms with E-state index >= 15 is 0 Å². The Bertz CT molecular complexity index is 284. The van der Waals surface area contributed by atoms with Crippen LogP contribution in [0, 0.1) is 0 Å². The zero-order valence-corrected chi connectivity index (χ0v) is 7.21. The first kappa shape index (κ1) is 7.75. The van der Waals surface area contributed by atoms with Crippen LogP contribution in [0.4, 0.5) is 0 Å². The maximum absolute atomic E-state index is 11.1. The number of hydrogen-bond acceptors (Lipinski definition) is 3. The van der Waals surface area contributed by atoms with Crippen molar-refractivity contribution in [3.05, 3.63) is 17.5 Å².